The summed E-state index contributed by atoms with van der Waals surface area (Å²) < 4.78 is 13.2. The second kappa shape index (κ2) is 6.66. The van der Waals surface area contributed by atoms with Crippen LogP contribution in [-0.2, 0) is 6.42 Å². The van der Waals surface area contributed by atoms with Gasteiger partial charge in [0.2, 0.25) is 0 Å². The summed E-state index contributed by atoms with van der Waals surface area (Å²) in [4.78, 5) is 3.39. The zero-order valence-electron chi connectivity index (χ0n) is 13.1. The molecule has 0 spiro atoms. The molecule has 23 heavy (non-hydrogen) atoms. The highest BCUT2D eigenvalue weighted by Gasteiger charge is 2.18. The van der Waals surface area contributed by atoms with E-state index in [4.69, 9.17) is 5.26 Å². The van der Waals surface area contributed by atoms with Crippen molar-refractivity contribution in [1.29, 1.82) is 5.26 Å². The molecule has 0 aliphatic heterocycles. The molecule has 0 bridgehead atoms. The van der Waals surface area contributed by atoms with Gasteiger partial charge in [0.25, 0.3) is 0 Å². The molecule has 0 aliphatic carbocycles. The fourth-order valence-electron chi connectivity index (χ4n) is 3.23. The van der Waals surface area contributed by atoms with Gasteiger partial charge >= 0.3 is 0 Å². The average molecular weight is 306 g/mol. The molecule has 3 heteroatoms. The number of fused-ring (bicyclic) bond motifs is 1. The normalized spacial score (nSPS) is 12.2. The van der Waals surface area contributed by atoms with Gasteiger partial charge in [-0.2, -0.15) is 5.26 Å². The maximum atomic E-state index is 13.2. The molecule has 1 aromatic heterocycles. The summed E-state index contributed by atoms with van der Waals surface area (Å²) in [7, 11) is 0. The number of aryl methyl sites for hydroxylation is 1. The van der Waals surface area contributed by atoms with Crippen molar-refractivity contribution in [2.45, 2.75) is 32.1 Å². The van der Waals surface area contributed by atoms with Gasteiger partial charge in [-0.3, -0.25) is 0 Å². The Morgan fingerprint density at radius 3 is 2.65 bits per heavy atom. The minimum atomic E-state index is -0.236. The average Bonchev–Trinajstić information content (AvgIpc) is 3.01. The van der Waals surface area contributed by atoms with Crippen LogP contribution in [0.1, 0.15) is 42.4 Å². The fraction of sp³-hybridized carbons (Fsp3) is 0.250. The van der Waals surface area contributed by atoms with Gasteiger partial charge in [0, 0.05) is 29.4 Å². The van der Waals surface area contributed by atoms with Crippen molar-refractivity contribution in [2.75, 3.05) is 0 Å². The maximum absolute atomic E-state index is 13.2. The number of para-hydroxylation sites is 1. The predicted octanol–water partition coefficient (Wildman–Crippen LogP) is 5.31. The largest absolute Gasteiger partial charge is 0.361 e. The lowest BCUT2D eigenvalue weighted by Gasteiger charge is -2.16. The number of nitrogens with one attached hydrogen (secondary N) is 1. The van der Waals surface area contributed by atoms with Crippen LogP contribution in [0.25, 0.3) is 10.9 Å². The van der Waals surface area contributed by atoms with Gasteiger partial charge in [-0.15, -0.1) is 0 Å². The van der Waals surface area contributed by atoms with Crippen LogP contribution >= 0.6 is 0 Å². The van der Waals surface area contributed by atoms with Crippen LogP contribution in [0.5, 0.6) is 0 Å². The number of H-pyrrole nitrogens is 1. The number of rotatable bonds is 5. The first kappa shape index (κ1) is 15.3. The summed E-state index contributed by atoms with van der Waals surface area (Å²) in [6, 6.07) is 15.2. The Morgan fingerprint density at radius 1 is 1.17 bits per heavy atom. The van der Waals surface area contributed by atoms with Crippen molar-refractivity contribution in [3.8, 4) is 6.07 Å². The quantitative estimate of drug-likeness (QED) is 0.682. The van der Waals surface area contributed by atoms with E-state index < -0.39 is 0 Å². The molecule has 0 aliphatic rings. The summed E-state index contributed by atoms with van der Waals surface area (Å²) in [6.45, 7) is 2.14. The molecule has 0 saturated heterocycles. The van der Waals surface area contributed by atoms with Crippen molar-refractivity contribution in [3.63, 3.8) is 0 Å². The molecule has 3 rings (SSSR count). The van der Waals surface area contributed by atoms with E-state index in [-0.39, 0.29) is 11.7 Å². The van der Waals surface area contributed by atoms with Crippen LogP contribution in [0.2, 0.25) is 0 Å². The lowest BCUT2D eigenvalue weighted by Crippen LogP contribution is -2.00. The Morgan fingerprint density at radius 2 is 1.96 bits per heavy atom. The highest BCUT2D eigenvalue weighted by molar-refractivity contribution is 5.87. The summed E-state index contributed by atoms with van der Waals surface area (Å²) in [5.41, 5.74) is 4.67. The Kier molecular flexibility index (Phi) is 4.43. The highest BCUT2D eigenvalue weighted by Crippen LogP contribution is 2.35. The number of hydrogen-bond donors (Lipinski definition) is 1. The van der Waals surface area contributed by atoms with Crippen LogP contribution in [0.3, 0.4) is 0 Å². The molecule has 0 fully saturated rings. The van der Waals surface area contributed by atoms with Gasteiger partial charge in [0.1, 0.15) is 5.82 Å². The molecule has 0 amide bonds. The van der Waals surface area contributed by atoms with Crippen molar-refractivity contribution in [1.82, 2.24) is 4.98 Å². The number of hydrogen-bond acceptors (Lipinski definition) is 1. The third-order valence-electron chi connectivity index (χ3n) is 4.41. The highest BCUT2D eigenvalue weighted by atomic mass is 19.1. The van der Waals surface area contributed by atoms with Crippen LogP contribution in [0.4, 0.5) is 4.39 Å². The van der Waals surface area contributed by atoms with E-state index in [2.05, 4.69) is 36.2 Å². The predicted molar refractivity (Wildman–Crippen MR) is 90.8 cm³/mol. The zero-order valence-corrected chi connectivity index (χ0v) is 13.1. The standard InChI is InChI=1S/C20H19FN2/c1-2-14-5-3-6-18-19(13-23-20(14)18)17(7-4-12-22)15-8-10-16(21)11-9-15/h3,5-6,8-11,13,17,23H,2,4,7H2,1H3. The zero-order chi connectivity index (χ0) is 16.2. The van der Waals surface area contributed by atoms with E-state index in [1.54, 1.807) is 0 Å². The molecule has 1 unspecified atom stereocenters. The van der Waals surface area contributed by atoms with Gasteiger partial charge in [-0.05, 0) is 41.7 Å². The van der Waals surface area contributed by atoms with Crippen molar-refractivity contribution < 1.29 is 4.39 Å². The fourth-order valence-corrected chi connectivity index (χ4v) is 3.23. The van der Waals surface area contributed by atoms with E-state index in [1.807, 2.05) is 18.3 Å². The van der Waals surface area contributed by atoms with Crippen molar-refractivity contribution in [3.05, 3.63) is 71.2 Å². The number of aromatic amines is 1. The van der Waals surface area contributed by atoms with Crippen molar-refractivity contribution >= 4 is 10.9 Å². The van der Waals surface area contributed by atoms with Gasteiger partial charge < -0.3 is 4.98 Å². The van der Waals surface area contributed by atoms with Crippen LogP contribution in [0, 0.1) is 17.1 Å². The first-order chi connectivity index (χ1) is 11.2. The third-order valence-corrected chi connectivity index (χ3v) is 4.41. The second-order valence-electron chi connectivity index (χ2n) is 5.74. The van der Waals surface area contributed by atoms with Crippen LogP contribution in [0.15, 0.2) is 48.7 Å². The van der Waals surface area contributed by atoms with E-state index in [1.165, 1.54) is 28.6 Å². The minimum absolute atomic E-state index is 0.0936. The monoisotopic (exact) mass is 306 g/mol. The third kappa shape index (κ3) is 2.98. The number of halogens is 1. The lowest BCUT2D eigenvalue weighted by atomic mass is 9.87. The van der Waals surface area contributed by atoms with E-state index >= 15 is 0 Å². The topological polar surface area (TPSA) is 39.6 Å². The Balaban J connectivity index is 2.10. The molecule has 1 heterocycles. The second-order valence-corrected chi connectivity index (χ2v) is 5.74. The summed E-state index contributed by atoms with van der Waals surface area (Å²) >= 11 is 0. The first-order valence-electron chi connectivity index (χ1n) is 7.96. The number of aromatic nitrogens is 1. The smallest absolute Gasteiger partial charge is 0.123 e. The van der Waals surface area contributed by atoms with Crippen LogP contribution < -0.4 is 0 Å². The number of nitriles is 1. The maximum Gasteiger partial charge on any atom is 0.123 e. The van der Waals surface area contributed by atoms with Crippen LogP contribution in [-0.4, -0.2) is 4.98 Å². The molecule has 116 valence electrons. The molecule has 3 aromatic rings. The molecule has 0 radical (unpaired) electrons. The summed E-state index contributed by atoms with van der Waals surface area (Å²) in [6.07, 6.45) is 4.21. The lowest BCUT2D eigenvalue weighted by molar-refractivity contribution is 0.625. The van der Waals surface area contributed by atoms with E-state index in [0.29, 0.717) is 6.42 Å². The molecule has 0 saturated carbocycles. The van der Waals surface area contributed by atoms with E-state index in [9.17, 15) is 4.39 Å². The molecular formula is C20H19FN2. The van der Waals surface area contributed by atoms with E-state index in [0.717, 1.165) is 23.9 Å². The Hall–Kier alpha value is -2.60. The molecule has 1 N–H and O–H groups in total. The SMILES string of the molecule is CCc1cccc2c(C(CCC#N)c3ccc(F)cc3)c[nH]c12. The molecule has 2 nitrogen and oxygen atoms in total. The Labute approximate surface area is 135 Å². The Bertz CT molecular complexity index is 840. The number of benzene rings is 2. The van der Waals surface area contributed by atoms with Gasteiger partial charge in [-0.1, -0.05) is 37.3 Å². The molecule has 2 aromatic carbocycles. The molecule has 1 atom stereocenters. The summed E-state index contributed by atoms with van der Waals surface area (Å²) in [5, 5.41) is 10.2. The van der Waals surface area contributed by atoms with Gasteiger partial charge in [-0.25, -0.2) is 4.39 Å². The first-order valence-corrected chi connectivity index (χ1v) is 7.96. The van der Waals surface area contributed by atoms with Gasteiger partial charge in [0.15, 0.2) is 0 Å². The minimum Gasteiger partial charge on any atom is -0.361 e. The van der Waals surface area contributed by atoms with Gasteiger partial charge in [0.05, 0.1) is 6.07 Å². The number of nitrogens with zero attached hydrogens (tertiary/aromatic N) is 1. The van der Waals surface area contributed by atoms with Crippen molar-refractivity contribution in [2.24, 2.45) is 0 Å². The molecular weight excluding hydrogens is 287 g/mol. The summed E-state index contributed by atoms with van der Waals surface area (Å²) in [5.74, 6) is -0.143.